The van der Waals surface area contributed by atoms with Crippen LogP contribution in [0, 0.1) is 0 Å². The first-order chi connectivity index (χ1) is 15.3. The zero-order valence-corrected chi connectivity index (χ0v) is 19.2. The second kappa shape index (κ2) is 9.05. The molecule has 1 aromatic carbocycles. The molecule has 1 atom stereocenters. The maximum Gasteiger partial charge on any atom is 0.446 e. The molecule has 0 saturated carbocycles. The molecule has 3 amide bonds. The van der Waals surface area contributed by atoms with Crippen molar-refractivity contribution in [2.45, 2.75) is 56.3 Å². The maximum absolute atomic E-state index is 13.1. The highest BCUT2D eigenvalue weighted by Gasteiger charge is 2.43. The minimum atomic E-state index is -4.44. The first-order valence-corrected chi connectivity index (χ1v) is 10.7. The molecular weight excluding hydrogens is 459 g/mol. The number of hydrogen-bond donors (Lipinski definition) is 0. The van der Waals surface area contributed by atoms with E-state index in [-0.39, 0.29) is 34.5 Å². The van der Waals surface area contributed by atoms with Crippen LogP contribution in [0.15, 0.2) is 47.6 Å². The smallest absolute Gasteiger partial charge is 0.446 e. The first kappa shape index (κ1) is 24.6. The van der Waals surface area contributed by atoms with E-state index in [1.165, 1.54) is 41.6 Å². The summed E-state index contributed by atoms with van der Waals surface area (Å²) < 4.78 is 43.1. The van der Waals surface area contributed by atoms with Crippen molar-refractivity contribution >= 4 is 35.4 Å². The van der Waals surface area contributed by atoms with Crippen molar-refractivity contribution in [3.05, 3.63) is 53.9 Å². The van der Waals surface area contributed by atoms with E-state index in [0.717, 1.165) is 4.90 Å². The Labute approximate surface area is 192 Å². The number of benzene rings is 1. The number of amides is 3. The fraction of sp³-hybridized carbons (Fsp3) is 0.364. The summed E-state index contributed by atoms with van der Waals surface area (Å²) >= 11 is -0.284. The third-order valence-corrected chi connectivity index (χ3v) is 5.42. The number of anilines is 1. The predicted molar refractivity (Wildman–Crippen MR) is 116 cm³/mol. The zero-order chi connectivity index (χ0) is 24.6. The molecule has 1 aliphatic heterocycles. The number of urea groups is 1. The van der Waals surface area contributed by atoms with Gasteiger partial charge in [-0.15, -0.1) is 0 Å². The number of halogens is 3. The summed E-state index contributed by atoms with van der Waals surface area (Å²) in [5.74, 6) is -1.13. The van der Waals surface area contributed by atoms with Gasteiger partial charge in [-0.05, 0) is 75.4 Å². The Morgan fingerprint density at radius 1 is 1.12 bits per heavy atom. The number of esters is 1. The van der Waals surface area contributed by atoms with E-state index in [1.807, 2.05) is 0 Å². The lowest BCUT2D eigenvalue weighted by atomic mass is 10.1. The van der Waals surface area contributed by atoms with Crippen molar-refractivity contribution in [2.75, 3.05) is 4.90 Å². The summed E-state index contributed by atoms with van der Waals surface area (Å²) in [6.07, 6.45) is 2.80. The van der Waals surface area contributed by atoms with Crippen molar-refractivity contribution in [2.24, 2.45) is 0 Å². The quantitative estimate of drug-likeness (QED) is 0.340. The lowest BCUT2D eigenvalue weighted by molar-refractivity contribution is -0.119. The van der Waals surface area contributed by atoms with Crippen molar-refractivity contribution in [1.82, 2.24) is 9.88 Å². The molecule has 2 heterocycles. The minimum Gasteiger partial charge on any atom is -0.456 e. The normalized spacial score (nSPS) is 17.0. The van der Waals surface area contributed by atoms with Gasteiger partial charge in [0.2, 0.25) is 0 Å². The van der Waals surface area contributed by atoms with Gasteiger partial charge in [0.15, 0.2) is 0 Å². The van der Waals surface area contributed by atoms with Crippen LogP contribution in [-0.2, 0) is 16.1 Å². The van der Waals surface area contributed by atoms with E-state index in [4.69, 9.17) is 4.74 Å². The standard InChI is InChI=1S/C22H22F3N3O4S/c1-13-18(29)28(15-5-7-16(8-6-15)33-22(23,24)25)20(31)27(13)12-14-9-10-26-11-17(14)19(30)32-21(2,3)4/h5-11,13H,12H2,1-4H3. The summed E-state index contributed by atoms with van der Waals surface area (Å²) in [6, 6.07) is 5.06. The van der Waals surface area contributed by atoms with Gasteiger partial charge in [0.05, 0.1) is 11.3 Å². The zero-order valence-electron chi connectivity index (χ0n) is 18.3. The maximum atomic E-state index is 13.1. The number of carbonyl (C=O) groups excluding carboxylic acids is 3. The minimum absolute atomic E-state index is 0.0542. The van der Waals surface area contributed by atoms with E-state index in [1.54, 1.807) is 33.8 Å². The van der Waals surface area contributed by atoms with Gasteiger partial charge in [0.25, 0.3) is 5.91 Å². The first-order valence-electron chi connectivity index (χ1n) is 9.93. The molecule has 0 aliphatic carbocycles. The third-order valence-electron chi connectivity index (χ3n) is 4.68. The fourth-order valence-electron chi connectivity index (χ4n) is 3.21. The van der Waals surface area contributed by atoms with Crippen molar-refractivity contribution in [3.8, 4) is 0 Å². The molecule has 11 heteroatoms. The molecule has 7 nitrogen and oxygen atoms in total. The Balaban J connectivity index is 1.83. The molecule has 33 heavy (non-hydrogen) atoms. The van der Waals surface area contributed by atoms with Crippen LogP contribution < -0.4 is 4.90 Å². The number of imide groups is 1. The molecule has 0 bridgehead atoms. The predicted octanol–water partition coefficient (Wildman–Crippen LogP) is 5.01. The van der Waals surface area contributed by atoms with Crippen LogP contribution in [0.2, 0.25) is 0 Å². The summed E-state index contributed by atoms with van der Waals surface area (Å²) in [4.78, 5) is 44.5. The van der Waals surface area contributed by atoms with Gasteiger partial charge in [-0.3, -0.25) is 9.78 Å². The number of thioether (sulfide) groups is 1. The van der Waals surface area contributed by atoms with E-state index < -0.39 is 35.1 Å². The Bertz CT molecular complexity index is 1070. The summed E-state index contributed by atoms with van der Waals surface area (Å²) in [6.45, 7) is 6.66. The van der Waals surface area contributed by atoms with Gasteiger partial charge in [-0.25, -0.2) is 14.5 Å². The number of nitrogens with zero attached hydrogens (tertiary/aromatic N) is 3. The van der Waals surface area contributed by atoms with Crippen LogP contribution >= 0.6 is 11.8 Å². The number of alkyl halides is 3. The van der Waals surface area contributed by atoms with Gasteiger partial charge >= 0.3 is 17.5 Å². The lowest BCUT2D eigenvalue weighted by Crippen LogP contribution is -2.34. The van der Waals surface area contributed by atoms with Crippen LogP contribution in [0.3, 0.4) is 0 Å². The number of pyridine rings is 1. The monoisotopic (exact) mass is 481 g/mol. The Morgan fingerprint density at radius 3 is 2.33 bits per heavy atom. The Kier molecular flexibility index (Phi) is 6.73. The molecule has 0 N–H and O–H groups in total. The van der Waals surface area contributed by atoms with Crippen molar-refractivity contribution in [1.29, 1.82) is 0 Å². The molecule has 0 spiro atoms. The molecule has 1 unspecified atom stereocenters. The van der Waals surface area contributed by atoms with Gasteiger partial charge in [-0.2, -0.15) is 13.2 Å². The third kappa shape index (κ3) is 5.84. The summed E-state index contributed by atoms with van der Waals surface area (Å²) in [7, 11) is 0. The van der Waals surface area contributed by atoms with Crippen LogP contribution in [0.4, 0.5) is 23.7 Å². The Hall–Kier alpha value is -3.08. The molecule has 1 aliphatic rings. The number of ether oxygens (including phenoxy) is 1. The van der Waals surface area contributed by atoms with Crippen LogP contribution in [0.1, 0.15) is 43.6 Å². The van der Waals surface area contributed by atoms with Crippen LogP contribution in [0.5, 0.6) is 0 Å². The molecule has 3 rings (SSSR count). The lowest BCUT2D eigenvalue weighted by Gasteiger charge is -2.23. The van der Waals surface area contributed by atoms with Crippen molar-refractivity contribution < 1.29 is 32.3 Å². The van der Waals surface area contributed by atoms with E-state index in [9.17, 15) is 27.6 Å². The van der Waals surface area contributed by atoms with Crippen molar-refractivity contribution in [3.63, 3.8) is 0 Å². The molecule has 1 saturated heterocycles. The van der Waals surface area contributed by atoms with E-state index in [2.05, 4.69) is 4.98 Å². The van der Waals surface area contributed by atoms with Gasteiger partial charge in [-0.1, -0.05) is 0 Å². The van der Waals surface area contributed by atoms with Crippen LogP contribution in [-0.4, -0.2) is 44.9 Å². The molecular formula is C22H22F3N3O4S. The van der Waals surface area contributed by atoms with E-state index >= 15 is 0 Å². The SMILES string of the molecule is CC1C(=O)N(c2ccc(SC(F)(F)F)cc2)C(=O)N1Cc1ccncc1C(=O)OC(C)(C)C. The topological polar surface area (TPSA) is 79.8 Å². The largest absolute Gasteiger partial charge is 0.456 e. The Morgan fingerprint density at radius 2 is 1.76 bits per heavy atom. The summed E-state index contributed by atoms with van der Waals surface area (Å²) in [5, 5.41) is 0. The second-order valence-corrected chi connectivity index (χ2v) is 9.47. The highest BCUT2D eigenvalue weighted by Crippen LogP contribution is 2.38. The molecule has 1 fully saturated rings. The number of aromatic nitrogens is 1. The summed E-state index contributed by atoms with van der Waals surface area (Å²) in [5.41, 5.74) is -4.39. The second-order valence-electron chi connectivity index (χ2n) is 8.34. The number of hydrogen-bond acceptors (Lipinski definition) is 6. The van der Waals surface area contributed by atoms with Gasteiger partial charge < -0.3 is 9.64 Å². The number of rotatable bonds is 5. The number of carbonyl (C=O) groups is 3. The average Bonchev–Trinajstić information content (AvgIpc) is 2.90. The molecule has 1 aromatic heterocycles. The molecule has 176 valence electrons. The highest BCUT2D eigenvalue weighted by atomic mass is 32.2. The van der Waals surface area contributed by atoms with Crippen LogP contribution in [0.25, 0.3) is 0 Å². The van der Waals surface area contributed by atoms with Gasteiger partial charge in [0, 0.05) is 23.8 Å². The molecule has 2 aromatic rings. The highest BCUT2D eigenvalue weighted by molar-refractivity contribution is 8.00. The average molecular weight is 481 g/mol. The van der Waals surface area contributed by atoms with E-state index in [0.29, 0.717) is 5.56 Å². The fourth-order valence-corrected chi connectivity index (χ4v) is 3.75. The van der Waals surface area contributed by atoms with Gasteiger partial charge in [0.1, 0.15) is 11.6 Å². The molecule has 0 radical (unpaired) electrons.